The maximum Gasteiger partial charge on any atom is 0.253 e. The van der Waals surface area contributed by atoms with Crippen molar-refractivity contribution in [3.05, 3.63) is 59.5 Å². The molecule has 0 bridgehead atoms. The Morgan fingerprint density at radius 3 is 2.84 bits per heavy atom. The van der Waals surface area contributed by atoms with E-state index in [1.165, 1.54) is 0 Å². The first-order valence-corrected chi connectivity index (χ1v) is 12.5. The second-order valence-electron chi connectivity index (χ2n) is 7.67. The van der Waals surface area contributed by atoms with Gasteiger partial charge in [-0.3, -0.25) is 9.78 Å². The first-order valence-electron chi connectivity index (χ1n) is 9.86. The highest BCUT2D eigenvalue weighted by atomic mass is 35.5. The molecular weight excluding hydrogens is 472 g/mol. The number of piperazine rings is 1. The first kappa shape index (κ1) is 21.4. The minimum Gasteiger partial charge on any atom is -0.395 e. The van der Waals surface area contributed by atoms with Gasteiger partial charge >= 0.3 is 0 Å². The summed E-state index contributed by atoms with van der Waals surface area (Å²) < 4.78 is 28.7. The van der Waals surface area contributed by atoms with Gasteiger partial charge in [0, 0.05) is 45.3 Å². The summed E-state index contributed by atoms with van der Waals surface area (Å²) in [5.41, 5.74) is 1.72. The molecule has 1 aromatic carbocycles. The molecule has 1 aliphatic heterocycles. The number of thiophene rings is 1. The SMILES string of the molecule is O=C1CN(S(=O)(=O)c2cc3ccc(Cl)cc3s2)C(CO)CN1Cc1cc2cnccc2[nH]1. The molecule has 0 spiro atoms. The first-order chi connectivity index (χ1) is 15.3. The molecule has 32 heavy (non-hydrogen) atoms. The molecule has 8 nitrogen and oxygen atoms in total. The van der Waals surface area contributed by atoms with Crippen molar-refractivity contribution in [2.24, 2.45) is 0 Å². The number of pyridine rings is 1. The van der Waals surface area contributed by atoms with Gasteiger partial charge in [0.25, 0.3) is 10.0 Å². The molecule has 11 heteroatoms. The van der Waals surface area contributed by atoms with Gasteiger partial charge in [0.1, 0.15) is 4.21 Å². The van der Waals surface area contributed by atoms with Crippen LogP contribution in [0, 0.1) is 0 Å². The number of sulfonamides is 1. The molecule has 1 fully saturated rings. The van der Waals surface area contributed by atoms with E-state index in [0.29, 0.717) is 11.6 Å². The number of benzene rings is 1. The molecule has 1 amide bonds. The van der Waals surface area contributed by atoms with E-state index in [4.69, 9.17) is 11.6 Å². The smallest absolute Gasteiger partial charge is 0.253 e. The Balaban J connectivity index is 1.40. The van der Waals surface area contributed by atoms with Crippen molar-refractivity contribution in [2.75, 3.05) is 19.7 Å². The zero-order valence-electron chi connectivity index (χ0n) is 16.7. The van der Waals surface area contributed by atoms with Crippen LogP contribution in [0.1, 0.15) is 5.69 Å². The van der Waals surface area contributed by atoms with E-state index in [-0.39, 0.29) is 23.2 Å². The number of halogens is 1. The number of nitrogens with one attached hydrogen (secondary N) is 1. The lowest BCUT2D eigenvalue weighted by Gasteiger charge is -2.38. The van der Waals surface area contributed by atoms with Gasteiger partial charge in [-0.15, -0.1) is 11.3 Å². The lowest BCUT2D eigenvalue weighted by atomic mass is 10.2. The largest absolute Gasteiger partial charge is 0.395 e. The Bertz CT molecular complexity index is 1400. The third-order valence-electron chi connectivity index (χ3n) is 5.55. The fraction of sp³-hybridized carbons (Fsp3) is 0.238. The molecule has 0 radical (unpaired) electrons. The van der Waals surface area contributed by atoms with Crippen LogP contribution in [0.3, 0.4) is 0 Å². The van der Waals surface area contributed by atoms with Crippen molar-refractivity contribution in [3.8, 4) is 0 Å². The number of aliphatic hydroxyl groups is 1. The number of amides is 1. The van der Waals surface area contributed by atoms with E-state index in [1.54, 1.807) is 41.6 Å². The summed E-state index contributed by atoms with van der Waals surface area (Å²) in [5.74, 6) is -0.320. The lowest BCUT2D eigenvalue weighted by Crippen LogP contribution is -2.58. The van der Waals surface area contributed by atoms with Crippen molar-refractivity contribution < 1.29 is 18.3 Å². The minimum atomic E-state index is -3.96. The second kappa shape index (κ2) is 8.13. The van der Waals surface area contributed by atoms with Crippen molar-refractivity contribution in [1.82, 2.24) is 19.2 Å². The number of aliphatic hydroxyl groups excluding tert-OH is 1. The van der Waals surface area contributed by atoms with Crippen LogP contribution in [0.15, 0.2) is 53.0 Å². The minimum absolute atomic E-state index is 0.0961. The zero-order valence-corrected chi connectivity index (χ0v) is 19.1. The molecule has 1 atom stereocenters. The van der Waals surface area contributed by atoms with E-state index in [0.717, 1.165) is 42.3 Å². The average molecular weight is 491 g/mol. The van der Waals surface area contributed by atoms with Crippen LogP contribution < -0.4 is 0 Å². The van der Waals surface area contributed by atoms with Gasteiger partial charge < -0.3 is 15.0 Å². The molecule has 4 heterocycles. The van der Waals surface area contributed by atoms with Gasteiger partial charge in [0.15, 0.2) is 0 Å². The van der Waals surface area contributed by atoms with Gasteiger partial charge in [-0.05, 0) is 35.7 Å². The third-order valence-corrected chi connectivity index (χ3v) is 9.23. The number of carbonyl (C=O) groups is 1. The summed E-state index contributed by atoms with van der Waals surface area (Å²) in [7, 11) is -3.96. The van der Waals surface area contributed by atoms with Crippen LogP contribution in [-0.4, -0.2) is 64.3 Å². The molecule has 5 rings (SSSR count). The number of rotatable bonds is 5. The van der Waals surface area contributed by atoms with E-state index in [2.05, 4.69) is 9.97 Å². The summed E-state index contributed by atoms with van der Waals surface area (Å²) in [5, 5.41) is 12.2. The molecule has 3 aromatic heterocycles. The molecule has 166 valence electrons. The molecule has 1 saturated heterocycles. The molecule has 0 saturated carbocycles. The number of H-pyrrole nitrogens is 1. The number of hydrogen-bond acceptors (Lipinski definition) is 6. The Morgan fingerprint density at radius 2 is 2.06 bits per heavy atom. The van der Waals surface area contributed by atoms with E-state index in [1.807, 2.05) is 12.1 Å². The van der Waals surface area contributed by atoms with Crippen molar-refractivity contribution >= 4 is 59.9 Å². The predicted molar refractivity (Wildman–Crippen MR) is 123 cm³/mol. The summed E-state index contributed by atoms with van der Waals surface area (Å²) in [6.07, 6.45) is 3.41. The molecule has 2 N–H and O–H groups in total. The Kier molecular flexibility index (Phi) is 5.42. The monoisotopic (exact) mass is 490 g/mol. The van der Waals surface area contributed by atoms with E-state index >= 15 is 0 Å². The highest BCUT2D eigenvalue weighted by Crippen LogP contribution is 2.34. The molecule has 0 aliphatic carbocycles. The fourth-order valence-electron chi connectivity index (χ4n) is 3.94. The second-order valence-corrected chi connectivity index (χ2v) is 11.3. The van der Waals surface area contributed by atoms with Crippen LogP contribution in [0.5, 0.6) is 0 Å². The number of nitrogens with zero attached hydrogens (tertiary/aromatic N) is 3. The molecule has 4 aromatic rings. The van der Waals surface area contributed by atoms with Crippen LogP contribution >= 0.6 is 22.9 Å². The van der Waals surface area contributed by atoms with Crippen molar-refractivity contribution in [2.45, 2.75) is 16.8 Å². The Labute approximate surface area is 193 Å². The standard InChI is InChI=1S/C21H19ClN4O4S2/c22-15-2-1-13-6-21(31-19(13)7-15)32(29,30)26-11-20(28)25(10-17(26)12-27)9-16-5-14-8-23-4-3-18(14)24-16/h1-8,17,24,27H,9-12H2. The predicted octanol–water partition coefficient (Wildman–Crippen LogP) is 2.83. The Hall–Kier alpha value is -2.50. The van der Waals surface area contributed by atoms with Crippen LogP contribution in [0.4, 0.5) is 0 Å². The number of carbonyl (C=O) groups excluding carboxylic acids is 1. The van der Waals surface area contributed by atoms with Gasteiger partial charge in [-0.25, -0.2) is 8.42 Å². The zero-order chi connectivity index (χ0) is 22.5. The number of fused-ring (bicyclic) bond motifs is 2. The molecule has 1 aliphatic rings. The highest BCUT2D eigenvalue weighted by Gasteiger charge is 2.40. The number of hydrogen-bond donors (Lipinski definition) is 2. The van der Waals surface area contributed by atoms with Crippen LogP contribution in [-0.2, 0) is 21.4 Å². The third kappa shape index (κ3) is 3.78. The van der Waals surface area contributed by atoms with Gasteiger partial charge in [-0.2, -0.15) is 4.31 Å². The number of aromatic amines is 1. The van der Waals surface area contributed by atoms with Gasteiger partial charge in [-0.1, -0.05) is 17.7 Å². The Morgan fingerprint density at radius 1 is 1.22 bits per heavy atom. The topological polar surface area (TPSA) is 107 Å². The summed E-state index contributed by atoms with van der Waals surface area (Å²) in [6, 6.07) is 9.77. The maximum absolute atomic E-state index is 13.3. The van der Waals surface area contributed by atoms with E-state index < -0.39 is 22.7 Å². The van der Waals surface area contributed by atoms with Crippen molar-refractivity contribution in [3.63, 3.8) is 0 Å². The average Bonchev–Trinajstić information content (AvgIpc) is 3.38. The normalized spacial score (nSPS) is 18.1. The summed E-state index contributed by atoms with van der Waals surface area (Å²) >= 11 is 7.12. The van der Waals surface area contributed by atoms with E-state index in [9.17, 15) is 18.3 Å². The fourth-order valence-corrected chi connectivity index (χ4v) is 7.30. The van der Waals surface area contributed by atoms with Crippen LogP contribution in [0.25, 0.3) is 21.0 Å². The molecular formula is C21H19ClN4O4S2. The number of aromatic nitrogens is 2. The van der Waals surface area contributed by atoms with Gasteiger partial charge in [0.2, 0.25) is 5.91 Å². The summed E-state index contributed by atoms with van der Waals surface area (Å²) in [6.45, 7) is -0.334. The molecule has 1 unspecified atom stereocenters. The maximum atomic E-state index is 13.3. The quantitative estimate of drug-likeness (QED) is 0.447. The summed E-state index contributed by atoms with van der Waals surface area (Å²) in [4.78, 5) is 21.8. The van der Waals surface area contributed by atoms with Crippen LogP contribution in [0.2, 0.25) is 5.02 Å². The highest BCUT2D eigenvalue weighted by molar-refractivity contribution is 7.91. The van der Waals surface area contributed by atoms with Crippen molar-refractivity contribution in [1.29, 1.82) is 0 Å². The lowest BCUT2D eigenvalue weighted by molar-refractivity contribution is -0.137. The van der Waals surface area contributed by atoms with Gasteiger partial charge in [0.05, 0.1) is 25.7 Å².